The molecule has 4 rings (SSSR count). The molecule has 1 saturated carbocycles. The Kier molecular flexibility index (Phi) is 4.26. The standard InChI is InChI=1S/C21H19FO3/c22-18-7-3-6-15(12-23)21(18)20-11-16-10-17(8-9-19(16)25-20)24-13-14-4-1-2-5-14/h3,6-12,14H,1-2,4-5,13H2. The summed E-state index contributed by atoms with van der Waals surface area (Å²) >= 11 is 0. The fourth-order valence-electron chi connectivity index (χ4n) is 3.52. The highest BCUT2D eigenvalue weighted by atomic mass is 19.1. The van der Waals surface area contributed by atoms with Gasteiger partial charge in [-0.3, -0.25) is 4.79 Å². The number of benzene rings is 2. The fraction of sp³-hybridized carbons (Fsp3) is 0.286. The molecule has 1 aliphatic carbocycles. The van der Waals surface area contributed by atoms with Gasteiger partial charge in [0.25, 0.3) is 0 Å². The Balaban J connectivity index is 1.63. The highest BCUT2D eigenvalue weighted by Gasteiger charge is 2.17. The zero-order valence-corrected chi connectivity index (χ0v) is 13.8. The number of fused-ring (bicyclic) bond motifs is 1. The van der Waals surface area contributed by atoms with Crippen LogP contribution in [0.3, 0.4) is 0 Å². The summed E-state index contributed by atoms with van der Waals surface area (Å²) < 4.78 is 25.8. The van der Waals surface area contributed by atoms with E-state index in [1.54, 1.807) is 12.1 Å². The van der Waals surface area contributed by atoms with Crippen molar-refractivity contribution in [2.75, 3.05) is 6.61 Å². The summed E-state index contributed by atoms with van der Waals surface area (Å²) in [6.07, 6.45) is 5.70. The molecule has 0 radical (unpaired) electrons. The van der Waals surface area contributed by atoms with E-state index in [1.807, 2.05) is 18.2 Å². The van der Waals surface area contributed by atoms with E-state index in [-0.39, 0.29) is 11.1 Å². The second-order valence-corrected chi connectivity index (χ2v) is 6.59. The first-order chi connectivity index (χ1) is 12.2. The molecule has 1 aromatic heterocycles. The first-order valence-corrected chi connectivity index (χ1v) is 8.65. The van der Waals surface area contributed by atoms with Crippen molar-refractivity contribution in [3.8, 4) is 17.1 Å². The van der Waals surface area contributed by atoms with Crippen molar-refractivity contribution < 1.29 is 18.3 Å². The molecule has 0 amide bonds. The topological polar surface area (TPSA) is 39.4 Å². The molecule has 0 unspecified atom stereocenters. The van der Waals surface area contributed by atoms with Crippen LogP contribution in [0.25, 0.3) is 22.3 Å². The molecule has 0 atom stereocenters. The third-order valence-electron chi connectivity index (χ3n) is 4.87. The molecule has 0 bridgehead atoms. The molecule has 2 aromatic carbocycles. The minimum Gasteiger partial charge on any atom is -0.493 e. The van der Waals surface area contributed by atoms with E-state index in [1.165, 1.54) is 37.8 Å². The number of ether oxygens (including phenoxy) is 1. The maximum absolute atomic E-state index is 14.2. The molecule has 4 heteroatoms. The Morgan fingerprint density at radius 2 is 2.00 bits per heavy atom. The molecule has 0 spiro atoms. The van der Waals surface area contributed by atoms with Gasteiger partial charge in [0.15, 0.2) is 6.29 Å². The number of hydrogen-bond donors (Lipinski definition) is 0. The predicted octanol–water partition coefficient (Wildman–Crippen LogP) is 5.62. The molecule has 128 valence electrons. The van der Waals surface area contributed by atoms with Crippen molar-refractivity contribution in [3.05, 3.63) is 53.8 Å². The van der Waals surface area contributed by atoms with Crippen LogP contribution in [0.5, 0.6) is 5.75 Å². The summed E-state index contributed by atoms with van der Waals surface area (Å²) in [5, 5.41) is 0.832. The molecule has 1 aliphatic rings. The lowest BCUT2D eigenvalue weighted by Gasteiger charge is -2.11. The predicted molar refractivity (Wildman–Crippen MR) is 94.4 cm³/mol. The number of aldehydes is 1. The van der Waals surface area contributed by atoms with Crippen LogP contribution < -0.4 is 4.74 Å². The highest BCUT2D eigenvalue weighted by Crippen LogP contribution is 2.33. The molecule has 1 heterocycles. The van der Waals surface area contributed by atoms with E-state index >= 15 is 0 Å². The van der Waals surface area contributed by atoms with Crippen LogP contribution in [0.1, 0.15) is 36.0 Å². The molecule has 3 aromatic rings. The molecular weight excluding hydrogens is 319 g/mol. The van der Waals surface area contributed by atoms with Crippen LogP contribution in [0.15, 0.2) is 46.9 Å². The minimum atomic E-state index is -0.471. The zero-order valence-electron chi connectivity index (χ0n) is 13.8. The van der Waals surface area contributed by atoms with Crippen LogP contribution in [0.4, 0.5) is 4.39 Å². The highest BCUT2D eigenvalue weighted by molar-refractivity contribution is 5.90. The van der Waals surface area contributed by atoms with Crippen molar-refractivity contribution in [1.29, 1.82) is 0 Å². The van der Waals surface area contributed by atoms with Crippen LogP contribution in [-0.2, 0) is 0 Å². The fourth-order valence-corrected chi connectivity index (χ4v) is 3.52. The second-order valence-electron chi connectivity index (χ2n) is 6.59. The van der Waals surface area contributed by atoms with E-state index in [0.717, 1.165) is 17.7 Å². The second kappa shape index (κ2) is 6.71. The van der Waals surface area contributed by atoms with Gasteiger partial charge in [0.1, 0.15) is 22.9 Å². The SMILES string of the molecule is O=Cc1cccc(F)c1-c1cc2cc(OCC3CCCC3)ccc2o1. The molecule has 0 N–H and O–H groups in total. The molecule has 1 fully saturated rings. The van der Waals surface area contributed by atoms with E-state index in [4.69, 9.17) is 9.15 Å². The summed E-state index contributed by atoms with van der Waals surface area (Å²) in [6, 6.07) is 11.8. The Morgan fingerprint density at radius 1 is 1.16 bits per heavy atom. The van der Waals surface area contributed by atoms with Gasteiger partial charge in [0.2, 0.25) is 0 Å². The van der Waals surface area contributed by atoms with Crippen molar-refractivity contribution in [2.45, 2.75) is 25.7 Å². The Hall–Kier alpha value is -2.62. The number of carbonyl (C=O) groups is 1. The third kappa shape index (κ3) is 3.16. The van der Waals surface area contributed by atoms with E-state index in [2.05, 4.69) is 0 Å². The molecule has 25 heavy (non-hydrogen) atoms. The molecule has 0 aliphatic heterocycles. The van der Waals surface area contributed by atoms with E-state index < -0.39 is 5.82 Å². The quantitative estimate of drug-likeness (QED) is 0.567. The number of rotatable bonds is 5. The van der Waals surface area contributed by atoms with Gasteiger partial charge in [-0.25, -0.2) is 4.39 Å². The van der Waals surface area contributed by atoms with Gasteiger partial charge in [0, 0.05) is 10.9 Å². The van der Waals surface area contributed by atoms with Crippen molar-refractivity contribution in [2.24, 2.45) is 5.92 Å². The molecular formula is C21H19FO3. The minimum absolute atomic E-state index is 0.196. The van der Waals surface area contributed by atoms with E-state index in [9.17, 15) is 9.18 Å². The van der Waals surface area contributed by atoms with E-state index in [0.29, 0.717) is 23.5 Å². The van der Waals surface area contributed by atoms with Gasteiger partial charge in [-0.1, -0.05) is 25.0 Å². The zero-order chi connectivity index (χ0) is 17.2. The number of carbonyl (C=O) groups excluding carboxylic acids is 1. The average Bonchev–Trinajstić information content (AvgIpc) is 3.28. The van der Waals surface area contributed by atoms with Gasteiger partial charge in [-0.05, 0) is 49.1 Å². The number of halogens is 1. The van der Waals surface area contributed by atoms with Crippen LogP contribution in [0.2, 0.25) is 0 Å². The Labute approximate surface area is 145 Å². The first-order valence-electron chi connectivity index (χ1n) is 8.65. The largest absolute Gasteiger partial charge is 0.493 e. The maximum atomic E-state index is 14.2. The average molecular weight is 338 g/mol. The summed E-state index contributed by atoms with van der Waals surface area (Å²) in [7, 11) is 0. The lowest BCUT2D eigenvalue weighted by atomic mass is 10.1. The van der Waals surface area contributed by atoms with Gasteiger partial charge < -0.3 is 9.15 Å². The van der Waals surface area contributed by atoms with Crippen LogP contribution in [0, 0.1) is 11.7 Å². The van der Waals surface area contributed by atoms with Crippen LogP contribution >= 0.6 is 0 Å². The van der Waals surface area contributed by atoms with Crippen molar-refractivity contribution >= 4 is 17.3 Å². The number of furan rings is 1. The Bertz CT molecular complexity index is 907. The summed E-state index contributed by atoms with van der Waals surface area (Å²) in [5.41, 5.74) is 1.11. The summed E-state index contributed by atoms with van der Waals surface area (Å²) in [5.74, 6) is 1.31. The molecule has 0 saturated heterocycles. The van der Waals surface area contributed by atoms with Gasteiger partial charge in [-0.2, -0.15) is 0 Å². The van der Waals surface area contributed by atoms with Crippen molar-refractivity contribution in [3.63, 3.8) is 0 Å². The Morgan fingerprint density at radius 3 is 2.80 bits per heavy atom. The normalized spacial score (nSPS) is 14.9. The number of hydrogen-bond acceptors (Lipinski definition) is 3. The van der Waals surface area contributed by atoms with Crippen molar-refractivity contribution in [1.82, 2.24) is 0 Å². The van der Waals surface area contributed by atoms with Gasteiger partial charge in [-0.15, -0.1) is 0 Å². The smallest absolute Gasteiger partial charge is 0.150 e. The summed E-state index contributed by atoms with van der Waals surface area (Å²) in [4.78, 5) is 11.2. The lowest BCUT2D eigenvalue weighted by Crippen LogP contribution is -2.07. The van der Waals surface area contributed by atoms with Crippen LogP contribution in [-0.4, -0.2) is 12.9 Å². The first kappa shape index (κ1) is 15.9. The van der Waals surface area contributed by atoms with Gasteiger partial charge >= 0.3 is 0 Å². The third-order valence-corrected chi connectivity index (χ3v) is 4.87. The maximum Gasteiger partial charge on any atom is 0.150 e. The van der Waals surface area contributed by atoms with Gasteiger partial charge in [0.05, 0.1) is 12.2 Å². The summed E-state index contributed by atoms with van der Waals surface area (Å²) in [6.45, 7) is 0.735. The molecule has 3 nitrogen and oxygen atoms in total. The lowest BCUT2D eigenvalue weighted by molar-refractivity contribution is 0.112. The monoisotopic (exact) mass is 338 g/mol.